The first kappa shape index (κ1) is 10.6. The van der Waals surface area contributed by atoms with Crippen LogP contribution in [0.15, 0.2) is 0 Å². The SMILES string of the molecule is O=C(O)c1c2c(n3c1CCCC3)CCCC2=O. The van der Waals surface area contributed by atoms with E-state index in [9.17, 15) is 14.7 Å². The lowest BCUT2D eigenvalue weighted by Gasteiger charge is -2.19. The Morgan fingerprint density at radius 3 is 2.59 bits per heavy atom. The van der Waals surface area contributed by atoms with E-state index in [4.69, 9.17) is 0 Å². The quantitative estimate of drug-likeness (QED) is 0.807. The summed E-state index contributed by atoms with van der Waals surface area (Å²) in [5.74, 6) is -0.919. The monoisotopic (exact) mass is 233 g/mol. The fraction of sp³-hybridized carbons (Fsp3) is 0.538. The molecule has 0 spiro atoms. The van der Waals surface area contributed by atoms with Crippen molar-refractivity contribution in [3.05, 3.63) is 22.5 Å². The van der Waals surface area contributed by atoms with Gasteiger partial charge in [0, 0.05) is 24.4 Å². The van der Waals surface area contributed by atoms with Crippen molar-refractivity contribution in [1.29, 1.82) is 0 Å². The molecule has 1 N–H and O–H groups in total. The van der Waals surface area contributed by atoms with Crippen LogP contribution in [0.4, 0.5) is 0 Å². The molecule has 0 amide bonds. The first-order chi connectivity index (χ1) is 8.20. The Labute approximate surface area is 99.2 Å². The van der Waals surface area contributed by atoms with E-state index in [1.807, 2.05) is 0 Å². The van der Waals surface area contributed by atoms with Crippen molar-refractivity contribution in [3.8, 4) is 0 Å². The van der Waals surface area contributed by atoms with Gasteiger partial charge in [0.1, 0.15) is 0 Å². The second-order valence-electron chi connectivity index (χ2n) is 4.83. The Bertz CT molecular complexity index is 494. The van der Waals surface area contributed by atoms with Crippen LogP contribution in [0, 0.1) is 0 Å². The van der Waals surface area contributed by atoms with Gasteiger partial charge in [0.15, 0.2) is 5.78 Å². The van der Waals surface area contributed by atoms with Crippen LogP contribution in [0.25, 0.3) is 0 Å². The predicted molar refractivity (Wildman–Crippen MR) is 61.6 cm³/mol. The normalized spacial score (nSPS) is 18.7. The number of carboxylic acid groups (broad SMARTS) is 1. The largest absolute Gasteiger partial charge is 0.478 e. The number of carbonyl (C=O) groups excluding carboxylic acids is 1. The molecular weight excluding hydrogens is 218 g/mol. The molecule has 90 valence electrons. The van der Waals surface area contributed by atoms with E-state index in [0.29, 0.717) is 17.5 Å². The van der Waals surface area contributed by atoms with Crippen LogP contribution in [-0.2, 0) is 19.4 Å². The van der Waals surface area contributed by atoms with E-state index in [1.54, 1.807) is 0 Å². The highest BCUT2D eigenvalue weighted by Crippen LogP contribution is 2.33. The highest BCUT2D eigenvalue weighted by Gasteiger charge is 2.33. The van der Waals surface area contributed by atoms with E-state index in [1.165, 1.54) is 0 Å². The Morgan fingerprint density at radius 2 is 1.82 bits per heavy atom. The Hall–Kier alpha value is -1.58. The van der Waals surface area contributed by atoms with Gasteiger partial charge in [-0.2, -0.15) is 0 Å². The van der Waals surface area contributed by atoms with Crippen molar-refractivity contribution in [1.82, 2.24) is 4.57 Å². The van der Waals surface area contributed by atoms with Gasteiger partial charge in [-0.05, 0) is 32.1 Å². The van der Waals surface area contributed by atoms with Gasteiger partial charge in [0.2, 0.25) is 0 Å². The number of fused-ring (bicyclic) bond motifs is 3. The van der Waals surface area contributed by atoms with Gasteiger partial charge in [-0.25, -0.2) is 4.79 Å². The minimum atomic E-state index is -0.938. The molecule has 1 aromatic heterocycles. The number of carboxylic acids is 1. The van der Waals surface area contributed by atoms with E-state index < -0.39 is 5.97 Å². The minimum Gasteiger partial charge on any atom is -0.478 e. The zero-order valence-electron chi connectivity index (χ0n) is 9.66. The Balaban J connectivity index is 2.29. The summed E-state index contributed by atoms with van der Waals surface area (Å²) in [6, 6.07) is 0. The number of carbonyl (C=O) groups is 2. The third-order valence-electron chi connectivity index (χ3n) is 3.83. The molecule has 0 unspecified atom stereocenters. The zero-order chi connectivity index (χ0) is 12.0. The van der Waals surface area contributed by atoms with Gasteiger partial charge in [-0.15, -0.1) is 0 Å². The summed E-state index contributed by atoms with van der Waals surface area (Å²) < 4.78 is 2.10. The van der Waals surface area contributed by atoms with Crippen LogP contribution in [-0.4, -0.2) is 21.4 Å². The van der Waals surface area contributed by atoms with Crippen LogP contribution in [0.2, 0.25) is 0 Å². The lowest BCUT2D eigenvalue weighted by Crippen LogP contribution is -2.16. The van der Waals surface area contributed by atoms with Crippen LogP contribution in [0.5, 0.6) is 0 Å². The molecule has 1 aliphatic carbocycles. The molecule has 4 nitrogen and oxygen atoms in total. The topological polar surface area (TPSA) is 59.3 Å². The van der Waals surface area contributed by atoms with E-state index >= 15 is 0 Å². The molecule has 2 heterocycles. The number of hydrogen-bond acceptors (Lipinski definition) is 2. The summed E-state index contributed by atoms with van der Waals surface area (Å²) in [7, 11) is 0. The molecule has 4 heteroatoms. The molecule has 1 aliphatic heterocycles. The Kier molecular flexibility index (Phi) is 2.31. The summed E-state index contributed by atoms with van der Waals surface area (Å²) in [5, 5.41) is 9.34. The smallest absolute Gasteiger partial charge is 0.338 e. The maximum atomic E-state index is 12.0. The van der Waals surface area contributed by atoms with Crippen LogP contribution in [0.3, 0.4) is 0 Å². The average molecular weight is 233 g/mol. The molecule has 0 aromatic carbocycles. The molecule has 0 saturated carbocycles. The minimum absolute atomic E-state index is 0.0190. The second kappa shape index (κ2) is 3.72. The first-order valence-electron chi connectivity index (χ1n) is 6.21. The zero-order valence-corrected chi connectivity index (χ0v) is 9.66. The van der Waals surface area contributed by atoms with Crippen molar-refractivity contribution in [2.45, 2.75) is 45.1 Å². The number of hydrogen-bond donors (Lipinski definition) is 1. The molecule has 2 aliphatic rings. The van der Waals surface area contributed by atoms with Crippen molar-refractivity contribution in [3.63, 3.8) is 0 Å². The number of ketones is 1. The van der Waals surface area contributed by atoms with Gasteiger partial charge in [0.05, 0.1) is 11.1 Å². The first-order valence-corrected chi connectivity index (χ1v) is 6.21. The van der Waals surface area contributed by atoms with Crippen molar-refractivity contribution >= 4 is 11.8 Å². The summed E-state index contributed by atoms with van der Waals surface area (Å²) in [6.45, 7) is 0.873. The summed E-state index contributed by atoms with van der Waals surface area (Å²) >= 11 is 0. The van der Waals surface area contributed by atoms with Gasteiger partial charge in [-0.3, -0.25) is 4.79 Å². The van der Waals surface area contributed by atoms with Gasteiger partial charge in [-0.1, -0.05) is 0 Å². The fourth-order valence-corrected chi connectivity index (χ4v) is 3.15. The number of nitrogens with zero attached hydrogens (tertiary/aromatic N) is 1. The summed E-state index contributed by atoms with van der Waals surface area (Å²) in [6.07, 6.45) is 5.10. The lowest BCUT2D eigenvalue weighted by atomic mass is 9.93. The number of aromatic nitrogens is 1. The van der Waals surface area contributed by atoms with Gasteiger partial charge < -0.3 is 9.67 Å². The fourth-order valence-electron chi connectivity index (χ4n) is 3.15. The van der Waals surface area contributed by atoms with E-state index in [0.717, 1.165) is 50.0 Å². The van der Waals surface area contributed by atoms with Gasteiger partial charge in [0.25, 0.3) is 0 Å². The molecule has 1 aromatic rings. The van der Waals surface area contributed by atoms with E-state index in [-0.39, 0.29) is 5.78 Å². The predicted octanol–water partition coefficient (Wildman–Crippen LogP) is 2.04. The standard InChI is InChI=1S/C13H15NO3/c15-10-6-3-5-8-11(10)12(13(16)17)9-4-1-2-7-14(8)9/h1-7H2,(H,16,17). The van der Waals surface area contributed by atoms with Crippen LogP contribution >= 0.6 is 0 Å². The van der Waals surface area contributed by atoms with E-state index in [2.05, 4.69) is 4.57 Å². The molecule has 0 atom stereocenters. The van der Waals surface area contributed by atoms with Crippen molar-refractivity contribution in [2.75, 3.05) is 0 Å². The second-order valence-corrected chi connectivity index (χ2v) is 4.83. The number of rotatable bonds is 1. The van der Waals surface area contributed by atoms with Crippen molar-refractivity contribution < 1.29 is 14.7 Å². The third-order valence-corrected chi connectivity index (χ3v) is 3.83. The molecule has 0 fully saturated rings. The maximum absolute atomic E-state index is 12.0. The number of Topliss-reactive ketones (excluding diaryl/α,β-unsaturated/α-hetero) is 1. The van der Waals surface area contributed by atoms with Crippen LogP contribution < -0.4 is 0 Å². The number of aromatic carboxylic acids is 1. The Morgan fingerprint density at radius 1 is 1.06 bits per heavy atom. The summed E-state index contributed by atoms with van der Waals surface area (Å²) in [5.41, 5.74) is 2.67. The summed E-state index contributed by atoms with van der Waals surface area (Å²) in [4.78, 5) is 23.3. The molecular formula is C13H15NO3. The molecule has 3 rings (SSSR count). The maximum Gasteiger partial charge on any atom is 0.338 e. The molecule has 0 bridgehead atoms. The molecule has 0 radical (unpaired) electrons. The highest BCUT2D eigenvalue weighted by atomic mass is 16.4. The molecule has 0 saturated heterocycles. The van der Waals surface area contributed by atoms with Crippen molar-refractivity contribution in [2.24, 2.45) is 0 Å². The molecule has 17 heavy (non-hydrogen) atoms. The highest BCUT2D eigenvalue weighted by molar-refractivity contribution is 6.08. The lowest BCUT2D eigenvalue weighted by molar-refractivity contribution is 0.0690. The van der Waals surface area contributed by atoms with Crippen LogP contribution in [0.1, 0.15) is 57.8 Å². The third kappa shape index (κ3) is 1.43. The van der Waals surface area contributed by atoms with Gasteiger partial charge >= 0.3 is 5.97 Å². The average Bonchev–Trinajstić information content (AvgIpc) is 2.65.